The molecule has 4 heteroatoms. The maximum atomic E-state index is 11.6. The zero-order valence-corrected chi connectivity index (χ0v) is 10.5. The van der Waals surface area contributed by atoms with Gasteiger partial charge in [0, 0.05) is 32.6 Å². The molecule has 0 aromatic carbocycles. The second kappa shape index (κ2) is 5.27. The molecule has 2 rings (SSSR count). The highest BCUT2D eigenvalue weighted by Gasteiger charge is 2.14. The second-order valence-corrected chi connectivity index (χ2v) is 4.31. The van der Waals surface area contributed by atoms with E-state index < -0.39 is 0 Å². The molecule has 1 N–H and O–H groups in total. The third kappa shape index (κ3) is 2.64. The number of carbonyl (C=O) groups excluding carboxylic acids is 1. The Kier molecular flexibility index (Phi) is 3.74. The molecule has 0 atom stereocenters. The minimum Gasteiger partial charge on any atom is -0.368 e. The van der Waals surface area contributed by atoms with Gasteiger partial charge in [0.25, 0.3) is 0 Å². The van der Waals surface area contributed by atoms with Crippen LogP contribution < -0.4 is 10.2 Å². The van der Waals surface area contributed by atoms with E-state index in [1.165, 1.54) is 0 Å². The Morgan fingerprint density at radius 3 is 2.71 bits per heavy atom. The molecule has 17 heavy (non-hydrogen) atoms. The Hall–Kier alpha value is -1.42. The van der Waals surface area contributed by atoms with E-state index in [1.54, 1.807) is 0 Å². The minimum absolute atomic E-state index is 0.111. The SMILES string of the molecule is CCC(=O)c1ccc(N2CCNCC2)c(C)n1. The van der Waals surface area contributed by atoms with Crippen LogP contribution in [0.15, 0.2) is 12.1 Å². The standard InChI is InChI=1S/C13H19N3O/c1-3-13(17)11-4-5-12(10(2)15-11)16-8-6-14-7-9-16/h4-5,14H,3,6-9H2,1-2H3. The number of piperazine rings is 1. The van der Waals surface area contributed by atoms with Gasteiger partial charge in [0.2, 0.25) is 0 Å². The highest BCUT2D eigenvalue weighted by atomic mass is 16.1. The molecule has 0 saturated carbocycles. The largest absolute Gasteiger partial charge is 0.368 e. The van der Waals surface area contributed by atoms with Crippen molar-refractivity contribution in [2.24, 2.45) is 0 Å². The van der Waals surface area contributed by atoms with E-state index in [0.717, 1.165) is 37.6 Å². The van der Waals surface area contributed by atoms with Gasteiger partial charge < -0.3 is 10.2 Å². The van der Waals surface area contributed by atoms with Crippen molar-refractivity contribution in [2.75, 3.05) is 31.1 Å². The summed E-state index contributed by atoms with van der Waals surface area (Å²) in [6.07, 6.45) is 0.513. The van der Waals surface area contributed by atoms with E-state index in [1.807, 2.05) is 26.0 Å². The summed E-state index contributed by atoms with van der Waals surface area (Å²) in [5, 5.41) is 3.33. The number of Topliss-reactive ketones (excluding diaryl/α,β-unsaturated/α-hetero) is 1. The van der Waals surface area contributed by atoms with Crippen LogP contribution in [-0.2, 0) is 0 Å². The van der Waals surface area contributed by atoms with E-state index in [-0.39, 0.29) is 5.78 Å². The number of rotatable bonds is 3. The summed E-state index contributed by atoms with van der Waals surface area (Å²) in [6, 6.07) is 3.87. The number of hydrogen-bond acceptors (Lipinski definition) is 4. The highest BCUT2D eigenvalue weighted by molar-refractivity contribution is 5.94. The predicted molar refractivity (Wildman–Crippen MR) is 68.7 cm³/mol. The highest BCUT2D eigenvalue weighted by Crippen LogP contribution is 2.19. The lowest BCUT2D eigenvalue weighted by atomic mass is 10.1. The number of pyridine rings is 1. The molecule has 0 aliphatic carbocycles. The molecule has 1 aliphatic rings. The average Bonchev–Trinajstić information content (AvgIpc) is 2.38. The number of aryl methyl sites for hydroxylation is 1. The Morgan fingerprint density at radius 1 is 1.41 bits per heavy atom. The molecule has 1 aromatic rings. The first kappa shape index (κ1) is 12.0. The van der Waals surface area contributed by atoms with Crippen LogP contribution in [-0.4, -0.2) is 36.9 Å². The molecule has 0 bridgehead atoms. The molecule has 1 aromatic heterocycles. The van der Waals surface area contributed by atoms with Gasteiger partial charge in [-0.1, -0.05) is 6.92 Å². The minimum atomic E-state index is 0.111. The second-order valence-electron chi connectivity index (χ2n) is 4.31. The number of nitrogens with zero attached hydrogens (tertiary/aromatic N) is 2. The van der Waals surface area contributed by atoms with Crippen LogP contribution in [0.2, 0.25) is 0 Å². The number of aromatic nitrogens is 1. The zero-order chi connectivity index (χ0) is 12.3. The third-order valence-electron chi connectivity index (χ3n) is 3.12. The predicted octanol–water partition coefficient (Wildman–Crippen LogP) is 1.39. The average molecular weight is 233 g/mol. The van der Waals surface area contributed by atoms with Crippen molar-refractivity contribution >= 4 is 11.5 Å². The van der Waals surface area contributed by atoms with Crippen LogP contribution in [0.1, 0.15) is 29.5 Å². The van der Waals surface area contributed by atoms with E-state index in [0.29, 0.717) is 12.1 Å². The van der Waals surface area contributed by atoms with Gasteiger partial charge in [0.05, 0.1) is 11.4 Å². The summed E-state index contributed by atoms with van der Waals surface area (Å²) in [4.78, 5) is 18.3. The fourth-order valence-electron chi connectivity index (χ4n) is 2.13. The number of nitrogens with one attached hydrogen (secondary N) is 1. The topological polar surface area (TPSA) is 45.2 Å². The van der Waals surface area contributed by atoms with Crippen LogP contribution in [0.3, 0.4) is 0 Å². The summed E-state index contributed by atoms with van der Waals surface area (Å²) in [5.74, 6) is 0.111. The van der Waals surface area contributed by atoms with Crippen LogP contribution >= 0.6 is 0 Å². The van der Waals surface area contributed by atoms with Crippen molar-refractivity contribution in [1.82, 2.24) is 10.3 Å². The zero-order valence-electron chi connectivity index (χ0n) is 10.5. The quantitative estimate of drug-likeness (QED) is 0.801. The normalized spacial score (nSPS) is 16.0. The molecular formula is C13H19N3O. The third-order valence-corrected chi connectivity index (χ3v) is 3.12. The van der Waals surface area contributed by atoms with Crippen molar-refractivity contribution in [1.29, 1.82) is 0 Å². The summed E-state index contributed by atoms with van der Waals surface area (Å²) < 4.78 is 0. The fraction of sp³-hybridized carbons (Fsp3) is 0.538. The smallest absolute Gasteiger partial charge is 0.180 e. The molecule has 1 aliphatic heterocycles. The monoisotopic (exact) mass is 233 g/mol. The van der Waals surface area contributed by atoms with Gasteiger partial charge in [0.1, 0.15) is 5.69 Å². The fourth-order valence-corrected chi connectivity index (χ4v) is 2.13. The number of hydrogen-bond donors (Lipinski definition) is 1. The van der Waals surface area contributed by atoms with E-state index in [2.05, 4.69) is 15.2 Å². The van der Waals surface area contributed by atoms with Crippen LogP contribution in [0.25, 0.3) is 0 Å². The van der Waals surface area contributed by atoms with E-state index in [4.69, 9.17) is 0 Å². The lowest BCUT2D eigenvalue weighted by Crippen LogP contribution is -2.43. The Balaban J connectivity index is 2.21. The van der Waals surface area contributed by atoms with Crippen molar-refractivity contribution in [2.45, 2.75) is 20.3 Å². The first-order valence-corrected chi connectivity index (χ1v) is 6.19. The first-order valence-electron chi connectivity index (χ1n) is 6.19. The summed E-state index contributed by atoms with van der Waals surface area (Å²) in [5.41, 5.74) is 2.69. The molecule has 0 amide bonds. The molecule has 0 unspecified atom stereocenters. The molecule has 4 nitrogen and oxygen atoms in total. The van der Waals surface area contributed by atoms with Crippen molar-refractivity contribution in [3.8, 4) is 0 Å². The number of carbonyl (C=O) groups is 1. The van der Waals surface area contributed by atoms with Gasteiger partial charge in [-0.15, -0.1) is 0 Å². The molecule has 2 heterocycles. The Bertz CT molecular complexity index is 411. The maximum absolute atomic E-state index is 11.6. The van der Waals surface area contributed by atoms with E-state index >= 15 is 0 Å². The Morgan fingerprint density at radius 2 is 2.12 bits per heavy atom. The summed E-state index contributed by atoms with van der Waals surface area (Å²) in [7, 11) is 0. The molecule has 92 valence electrons. The summed E-state index contributed by atoms with van der Waals surface area (Å²) >= 11 is 0. The van der Waals surface area contributed by atoms with Crippen LogP contribution in [0.5, 0.6) is 0 Å². The van der Waals surface area contributed by atoms with Crippen LogP contribution in [0.4, 0.5) is 5.69 Å². The molecule has 0 spiro atoms. The van der Waals surface area contributed by atoms with Gasteiger partial charge in [-0.3, -0.25) is 4.79 Å². The maximum Gasteiger partial charge on any atom is 0.180 e. The van der Waals surface area contributed by atoms with Gasteiger partial charge in [0.15, 0.2) is 5.78 Å². The van der Waals surface area contributed by atoms with Gasteiger partial charge in [-0.05, 0) is 19.1 Å². The molecule has 1 fully saturated rings. The first-order chi connectivity index (χ1) is 8.22. The van der Waals surface area contributed by atoms with E-state index in [9.17, 15) is 4.79 Å². The summed E-state index contributed by atoms with van der Waals surface area (Å²) in [6.45, 7) is 7.87. The van der Waals surface area contributed by atoms with Gasteiger partial charge in [-0.25, -0.2) is 4.98 Å². The molecule has 1 saturated heterocycles. The molecular weight excluding hydrogens is 214 g/mol. The van der Waals surface area contributed by atoms with Crippen molar-refractivity contribution < 1.29 is 4.79 Å². The lowest BCUT2D eigenvalue weighted by Gasteiger charge is -2.30. The Labute approximate surface area is 102 Å². The van der Waals surface area contributed by atoms with Gasteiger partial charge >= 0.3 is 0 Å². The van der Waals surface area contributed by atoms with Gasteiger partial charge in [-0.2, -0.15) is 0 Å². The van der Waals surface area contributed by atoms with Crippen LogP contribution in [0, 0.1) is 6.92 Å². The number of anilines is 1. The van der Waals surface area contributed by atoms with Crippen molar-refractivity contribution in [3.05, 3.63) is 23.5 Å². The molecule has 0 radical (unpaired) electrons. The lowest BCUT2D eigenvalue weighted by molar-refractivity contribution is 0.0983. The number of ketones is 1. The van der Waals surface area contributed by atoms with Crippen molar-refractivity contribution in [3.63, 3.8) is 0 Å².